The van der Waals surface area contributed by atoms with E-state index in [0.29, 0.717) is 0 Å². The van der Waals surface area contributed by atoms with Crippen molar-refractivity contribution < 1.29 is 0 Å². The van der Waals surface area contributed by atoms with Gasteiger partial charge in [0.25, 0.3) is 0 Å². The van der Waals surface area contributed by atoms with Crippen LogP contribution in [0.4, 0.5) is 11.4 Å². The highest BCUT2D eigenvalue weighted by Crippen LogP contribution is 2.31. The van der Waals surface area contributed by atoms with E-state index in [1.54, 1.807) is 0 Å². The van der Waals surface area contributed by atoms with Gasteiger partial charge >= 0.3 is 0 Å². The number of nitrogens with two attached hydrogens (primary N) is 1. The first-order valence-corrected chi connectivity index (χ1v) is 7.71. The van der Waals surface area contributed by atoms with Gasteiger partial charge in [0.15, 0.2) is 0 Å². The third-order valence-corrected chi connectivity index (χ3v) is 4.10. The van der Waals surface area contributed by atoms with Crippen molar-refractivity contribution in [2.24, 2.45) is 5.73 Å². The van der Waals surface area contributed by atoms with Crippen LogP contribution >= 0.6 is 15.9 Å². The summed E-state index contributed by atoms with van der Waals surface area (Å²) in [4.78, 5) is 2.29. The second-order valence-electron chi connectivity index (χ2n) is 5.08. The summed E-state index contributed by atoms with van der Waals surface area (Å²) in [5, 5.41) is 0. The highest BCUT2D eigenvalue weighted by atomic mass is 79.9. The van der Waals surface area contributed by atoms with Gasteiger partial charge in [-0.2, -0.15) is 0 Å². The van der Waals surface area contributed by atoms with Gasteiger partial charge in [-0.05, 0) is 56.2 Å². The van der Waals surface area contributed by atoms with Crippen LogP contribution in [-0.2, 0) is 0 Å². The first-order valence-electron chi connectivity index (χ1n) is 6.92. The smallest absolute Gasteiger partial charge is 0.0422 e. The number of halogens is 1. The molecular formula is C17H21BrN2. The molecule has 0 saturated carbocycles. The van der Waals surface area contributed by atoms with Crippen molar-refractivity contribution in [3.8, 4) is 0 Å². The molecule has 1 atom stereocenters. The van der Waals surface area contributed by atoms with Crippen LogP contribution in [0.3, 0.4) is 0 Å². The predicted octanol–water partition coefficient (Wildman–Crippen LogP) is 4.94. The van der Waals surface area contributed by atoms with Crippen molar-refractivity contribution in [2.75, 3.05) is 11.4 Å². The molecule has 0 amide bonds. The van der Waals surface area contributed by atoms with Crippen LogP contribution in [0.1, 0.15) is 31.0 Å². The normalized spacial score (nSPS) is 12.2. The van der Waals surface area contributed by atoms with Crippen molar-refractivity contribution >= 4 is 27.3 Å². The Kier molecular flexibility index (Phi) is 4.84. The fourth-order valence-electron chi connectivity index (χ4n) is 2.36. The van der Waals surface area contributed by atoms with Gasteiger partial charge in [-0.3, -0.25) is 0 Å². The molecule has 0 spiro atoms. The quantitative estimate of drug-likeness (QED) is 0.859. The molecule has 2 rings (SSSR count). The minimum absolute atomic E-state index is 0.0347. The van der Waals surface area contributed by atoms with E-state index in [1.165, 1.54) is 16.9 Å². The van der Waals surface area contributed by atoms with E-state index < -0.39 is 0 Å². The fraction of sp³-hybridized carbons (Fsp3) is 0.294. The lowest BCUT2D eigenvalue weighted by atomic mass is 10.1. The van der Waals surface area contributed by atoms with Gasteiger partial charge < -0.3 is 10.6 Å². The Hall–Kier alpha value is -1.32. The number of hydrogen-bond acceptors (Lipinski definition) is 2. The lowest BCUT2D eigenvalue weighted by molar-refractivity contribution is 0.813. The van der Waals surface area contributed by atoms with Gasteiger partial charge in [-0.25, -0.2) is 0 Å². The van der Waals surface area contributed by atoms with Crippen molar-refractivity contribution in [1.29, 1.82) is 0 Å². The number of nitrogens with zero attached hydrogens (tertiary/aromatic N) is 1. The summed E-state index contributed by atoms with van der Waals surface area (Å²) < 4.78 is 1.07. The van der Waals surface area contributed by atoms with Crippen molar-refractivity contribution in [3.05, 3.63) is 58.1 Å². The van der Waals surface area contributed by atoms with Crippen LogP contribution in [-0.4, -0.2) is 6.54 Å². The summed E-state index contributed by atoms with van der Waals surface area (Å²) in [5.41, 5.74) is 10.8. The molecule has 0 aromatic heterocycles. The molecule has 2 aromatic rings. The van der Waals surface area contributed by atoms with E-state index in [2.05, 4.69) is 77.1 Å². The minimum Gasteiger partial charge on any atom is -0.342 e. The number of anilines is 2. The second kappa shape index (κ2) is 6.42. The van der Waals surface area contributed by atoms with E-state index in [-0.39, 0.29) is 6.04 Å². The highest BCUT2D eigenvalue weighted by Gasteiger charge is 2.11. The Balaban J connectivity index is 2.40. The molecule has 0 aliphatic rings. The molecule has 0 unspecified atom stereocenters. The zero-order valence-electron chi connectivity index (χ0n) is 12.2. The summed E-state index contributed by atoms with van der Waals surface area (Å²) >= 11 is 3.63. The van der Waals surface area contributed by atoms with Gasteiger partial charge in [0.05, 0.1) is 0 Å². The Morgan fingerprint density at radius 2 is 1.85 bits per heavy atom. The Bertz CT molecular complexity index is 593. The average molecular weight is 333 g/mol. The molecule has 0 saturated heterocycles. The number of rotatable bonds is 4. The molecule has 3 heteroatoms. The fourth-order valence-corrected chi connectivity index (χ4v) is 3.09. The van der Waals surface area contributed by atoms with Crippen LogP contribution in [0.2, 0.25) is 0 Å². The maximum absolute atomic E-state index is 5.96. The molecule has 2 N–H and O–H groups in total. The molecule has 0 radical (unpaired) electrons. The van der Waals surface area contributed by atoms with E-state index >= 15 is 0 Å². The summed E-state index contributed by atoms with van der Waals surface area (Å²) in [6, 6.07) is 15.0. The summed E-state index contributed by atoms with van der Waals surface area (Å²) in [6.45, 7) is 7.20. The molecule has 0 fully saturated rings. The molecular weight excluding hydrogens is 312 g/mol. The van der Waals surface area contributed by atoms with Crippen LogP contribution in [0, 0.1) is 6.92 Å². The maximum Gasteiger partial charge on any atom is 0.0422 e. The molecule has 0 bridgehead atoms. The van der Waals surface area contributed by atoms with Gasteiger partial charge in [0.1, 0.15) is 0 Å². The summed E-state index contributed by atoms with van der Waals surface area (Å²) in [6.07, 6.45) is 0. The van der Waals surface area contributed by atoms with Crippen molar-refractivity contribution in [3.63, 3.8) is 0 Å². The van der Waals surface area contributed by atoms with Gasteiger partial charge in [-0.15, -0.1) is 0 Å². The molecule has 0 aliphatic heterocycles. The molecule has 20 heavy (non-hydrogen) atoms. The number of hydrogen-bond donors (Lipinski definition) is 1. The standard InChI is InChI=1S/C17H21BrN2/c1-4-20(14-7-5-6-12(2)10-14)15-8-9-16(13(3)19)17(18)11-15/h5-11,13H,4,19H2,1-3H3/t13-/m0/s1. The van der Waals surface area contributed by atoms with E-state index in [4.69, 9.17) is 5.73 Å². The largest absolute Gasteiger partial charge is 0.342 e. The molecule has 0 aliphatic carbocycles. The van der Waals surface area contributed by atoms with E-state index in [9.17, 15) is 0 Å². The maximum atomic E-state index is 5.96. The second-order valence-corrected chi connectivity index (χ2v) is 5.93. The third-order valence-electron chi connectivity index (χ3n) is 3.42. The molecule has 2 nitrogen and oxygen atoms in total. The zero-order chi connectivity index (χ0) is 14.7. The third kappa shape index (κ3) is 3.22. The van der Waals surface area contributed by atoms with Gasteiger partial charge in [-0.1, -0.05) is 34.1 Å². The zero-order valence-corrected chi connectivity index (χ0v) is 13.8. The van der Waals surface area contributed by atoms with Gasteiger partial charge in [0.2, 0.25) is 0 Å². The predicted molar refractivity (Wildman–Crippen MR) is 90.6 cm³/mol. The molecule has 2 aromatic carbocycles. The first kappa shape index (κ1) is 15.1. The van der Waals surface area contributed by atoms with E-state index in [0.717, 1.165) is 16.6 Å². The Labute approximate surface area is 129 Å². The number of benzene rings is 2. The van der Waals surface area contributed by atoms with Crippen LogP contribution in [0.5, 0.6) is 0 Å². The van der Waals surface area contributed by atoms with Crippen molar-refractivity contribution in [2.45, 2.75) is 26.8 Å². The number of aryl methyl sites for hydroxylation is 1. The summed E-state index contributed by atoms with van der Waals surface area (Å²) in [7, 11) is 0. The van der Waals surface area contributed by atoms with E-state index in [1.807, 2.05) is 6.92 Å². The lowest BCUT2D eigenvalue weighted by Gasteiger charge is -2.25. The Morgan fingerprint density at radius 3 is 2.40 bits per heavy atom. The highest BCUT2D eigenvalue weighted by molar-refractivity contribution is 9.10. The SMILES string of the molecule is CCN(c1cccc(C)c1)c1ccc([C@H](C)N)c(Br)c1. The molecule has 106 valence electrons. The summed E-state index contributed by atoms with van der Waals surface area (Å²) in [5.74, 6) is 0. The Morgan fingerprint density at radius 1 is 1.15 bits per heavy atom. The van der Waals surface area contributed by atoms with Crippen LogP contribution in [0.15, 0.2) is 46.9 Å². The van der Waals surface area contributed by atoms with Gasteiger partial charge in [0, 0.05) is 28.4 Å². The van der Waals surface area contributed by atoms with Crippen LogP contribution < -0.4 is 10.6 Å². The minimum atomic E-state index is 0.0347. The lowest BCUT2D eigenvalue weighted by Crippen LogP contribution is -2.16. The first-order chi connectivity index (χ1) is 9.52. The average Bonchev–Trinajstić information content (AvgIpc) is 2.39. The molecule has 0 heterocycles. The van der Waals surface area contributed by atoms with Crippen molar-refractivity contribution in [1.82, 2.24) is 0 Å². The van der Waals surface area contributed by atoms with Crippen LogP contribution in [0.25, 0.3) is 0 Å². The topological polar surface area (TPSA) is 29.3 Å². The monoisotopic (exact) mass is 332 g/mol.